The van der Waals surface area contributed by atoms with Gasteiger partial charge in [-0.15, -0.1) is 0 Å². The lowest BCUT2D eigenvalue weighted by atomic mass is 10.1. The number of carbonyl (C=O) groups is 1. The molecular formula is C21H26N2O2. The molecule has 3 rings (SSSR count). The summed E-state index contributed by atoms with van der Waals surface area (Å²) in [6, 6.07) is 18.7. The summed E-state index contributed by atoms with van der Waals surface area (Å²) in [5.74, 6) is 0.993. The van der Waals surface area contributed by atoms with Crippen molar-refractivity contribution >= 4 is 5.91 Å². The topological polar surface area (TPSA) is 32.8 Å². The summed E-state index contributed by atoms with van der Waals surface area (Å²) in [5.41, 5.74) is 2.34. The Balaban J connectivity index is 1.54. The van der Waals surface area contributed by atoms with Gasteiger partial charge in [-0.3, -0.25) is 9.69 Å². The molecule has 0 spiro atoms. The summed E-state index contributed by atoms with van der Waals surface area (Å²) >= 11 is 0. The van der Waals surface area contributed by atoms with Gasteiger partial charge in [0.2, 0.25) is 5.91 Å². The van der Waals surface area contributed by atoms with E-state index in [1.165, 1.54) is 5.56 Å². The van der Waals surface area contributed by atoms with Crippen LogP contribution in [0.4, 0.5) is 0 Å². The second-order valence-corrected chi connectivity index (χ2v) is 6.53. The van der Waals surface area contributed by atoms with Crippen LogP contribution in [0.15, 0.2) is 54.6 Å². The molecule has 25 heavy (non-hydrogen) atoms. The Bertz CT molecular complexity index is 694. The number of piperazine rings is 1. The van der Waals surface area contributed by atoms with E-state index in [0.717, 1.165) is 37.5 Å². The van der Waals surface area contributed by atoms with Crippen LogP contribution in [0.3, 0.4) is 0 Å². The van der Waals surface area contributed by atoms with Crippen molar-refractivity contribution in [3.8, 4) is 5.75 Å². The molecule has 2 aromatic carbocycles. The Labute approximate surface area is 150 Å². The Morgan fingerprint density at radius 2 is 1.76 bits per heavy atom. The molecule has 1 heterocycles. The normalized spacial score (nSPS) is 16.5. The number of rotatable bonds is 5. The Hall–Kier alpha value is -2.33. The summed E-state index contributed by atoms with van der Waals surface area (Å²) in [4.78, 5) is 17.0. The van der Waals surface area contributed by atoms with E-state index in [9.17, 15) is 4.79 Å². The second kappa shape index (κ2) is 8.17. The van der Waals surface area contributed by atoms with E-state index in [1.54, 1.807) is 7.11 Å². The first-order chi connectivity index (χ1) is 12.2. The second-order valence-electron chi connectivity index (χ2n) is 6.53. The van der Waals surface area contributed by atoms with Gasteiger partial charge >= 0.3 is 0 Å². The number of amides is 1. The lowest BCUT2D eigenvalue weighted by Crippen LogP contribution is -2.49. The van der Waals surface area contributed by atoms with Crippen LogP contribution in [-0.4, -0.2) is 49.0 Å². The van der Waals surface area contributed by atoms with Crippen LogP contribution in [-0.2, 0) is 11.2 Å². The summed E-state index contributed by atoms with van der Waals surface area (Å²) in [6.45, 7) is 5.66. The van der Waals surface area contributed by atoms with Crippen molar-refractivity contribution in [1.29, 1.82) is 0 Å². The zero-order valence-corrected chi connectivity index (χ0v) is 15.0. The lowest BCUT2D eigenvalue weighted by Gasteiger charge is -2.38. The first-order valence-electron chi connectivity index (χ1n) is 8.87. The van der Waals surface area contributed by atoms with Gasteiger partial charge in [0.15, 0.2) is 0 Å². The molecule has 0 aromatic heterocycles. The third kappa shape index (κ3) is 4.40. The largest absolute Gasteiger partial charge is 0.497 e. The van der Waals surface area contributed by atoms with Crippen LogP contribution < -0.4 is 4.74 Å². The van der Waals surface area contributed by atoms with Crippen molar-refractivity contribution in [2.45, 2.75) is 19.4 Å². The van der Waals surface area contributed by atoms with Crippen molar-refractivity contribution in [1.82, 2.24) is 9.80 Å². The molecule has 1 aliphatic rings. The highest BCUT2D eigenvalue weighted by atomic mass is 16.5. The van der Waals surface area contributed by atoms with Crippen molar-refractivity contribution in [3.05, 3.63) is 65.7 Å². The fourth-order valence-electron chi connectivity index (χ4n) is 3.37. The van der Waals surface area contributed by atoms with Gasteiger partial charge in [0, 0.05) is 32.2 Å². The van der Waals surface area contributed by atoms with Crippen LogP contribution in [0.25, 0.3) is 0 Å². The third-order valence-electron chi connectivity index (χ3n) is 4.99. The molecule has 1 aliphatic heterocycles. The number of hydrogen-bond acceptors (Lipinski definition) is 3. The molecule has 0 N–H and O–H groups in total. The minimum Gasteiger partial charge on any atom is -0.497 e. The maximum absolute atomic E-state index is 12.6. The fraction of sp³-hybridized carbons (Fsp3) is 0.381. The fourth-order valence-corrected chi connectivity index (χ4v) is 3.37. The first-order valence-corrected chi connectivity index (χ1v) is 8.87. The van der Waals surface area contributed by atoms with E-state index >= 15 is 0 Å². The van der Waals surface area contributed by atoms with E-state index in [2.05, 4.69) is 36.1 Å². The van der Waals surface area contributed by atoms with Gasteiger partial charge < -0.3 is 9.64 Å². The van der Waals surface area contributed by atoms with Crippen LogP contribution in [0.5, 0.6) is 5.75 Å². The maximum Gasteiger partial charge on any atom is 0.227 e. The number of benzene rings is 2. The standard InChI is InChI=1S/C21H26N2O2/c1-17(19-8-4-3-5-9-19)22-11-13-23(14-12-22)21(24)16-18-7-6-10-20(15-18)25-2/h3-10,15,17H,11-14,16H2,1-2H3. The molecule has 1 amide bonds. The lowest BCUT2D eigenvalue weighted by molar-refractivity contribution is -0.132. The predicted molar refractivity (Wildman–Crippen MR) is 99.7 cm³/mol. The van der Waals surface area contributed by atoms with Gasteiger partial charge in [-0.25, -0.2) is 0 Å². The maximum atomic E-state index is 12.6. The molecule has 0 bridgehead atoms. The minimum atomic E-state index is 0.195. The highest BCUT2D eigenvalue weighted by Gasteiger charge is 2.24. The van der Waals surface area contributed by atoms with E-state index in [4.69, 9.17) is 4.74 Å². The molecule has 4 nitrogen and oxygen atoms in total. The van der Waals surface area contributed by atoms with E-state index in [-0.39, 0.29) is 5.91 Å². The van der Waals surface area contributed by atoms with E-state index < -0.39 is 0 Å². The van der Waals surface area contributed by atoms with Crippen LogP contribution in [0.1, 0.15) is 24.1 Å². The molecule has 0 radical (unpaired) electrons. The summed E-state index contributed by atoms with van der Waals surface area (Å²) < 4.78 is 5.23. The Morgan fingerprint density at radius 3 is 2.44 bits per heavy atom. The molecule has 0 aliphatic carbocycles. The smallest absolute Gasteiger partial charge is 0.227 e. The van der Waals surface area contributed by atoms with Crippen molar-refractivity contribution < 1.29 is 9.53 Å². The van der Waals surface area contributed by atoms with Crippen molar-refractivity contribution in [2.24, 2.45) is 0 Å². The van der Waals surface area contributed by atoms with Gasteiger partial charge in [0.25, 0.3) is 0 Å². The van der Waals surface area contributed by atoms with Gasteiger partial charge in [0.1, 0.15) is 5.75 Å². The van der Waals surface area contributed by atoms with Crippen LogP contribution in [0.2, 0.25) is 0 Å². The Kier molecular flexibility index (Phi) is 5.71. The average molecular weight is 338 g/mol. The molecule has 1 atom stereocenters. The highest BCUT2D eigenvalue weighted by molar-refractivity contribution is 5.79. The molecular weight excluding hydrogens is 312 g/mol. The zero-order chi connectivity index (χ0) is 17.6. The van der Waals surface area contributed by atoms with Gasteiger partial charge in [-0.2, -0.15) is 0 Å². The third-order valence-corrected chi connectivity index (χ3v) is 4.99. The Morgan fingerprint density at radius 1 is 1.04 bits per heavy atom. The van der Waals surface area contributed by atoms with Gasteiger partial charge in [-0.1, -0.05) is 42.5 Å². The molecule has 1 unspecified atom stereocenters. The number of nitrogens with zero attached hydrogens (tertiary/aromatic N) is 2. The molecule has 132 valence electrons. The number of carbonyl (C=O) groups excluding carboxylic acids is 1. The average Bonchev–Trinajstić information content (AvgIpc) is 2.68. The first kappa shape index (κ1) is 17.5. The van der Waals surface area contributed by atoms with Gasteiger partial charge in [0.05, 0.1) is 13.5 Å². The number of hydrogen-bond donors (Lipinski definition) is 0. The zero-order valence-electron chi connectivity index (χ0n) is 15.0. The van der Waals surface area contributed by atoms with Crippen molar-refractivity contribution in [3.63, 3.8) is 0 Å². The summed E-state index contributed by atoms with van der Waals surface area (Å²) in [5, 5.41) is 0. The predicted octanol–water partition coefficient (Wildman–Crippen LogP) is 3.14. The van der Waals surface area contributed by atoms with E-state index in [0.29, 0.717) is 12.5 Å². The molecule has 1 fully saturated rings. The van der Waals surface area contributed by atoms with E-state index in [1.807, 2.05) is 35.2 Å². The number of methoxy groups -OCH3 is 1. The van der Waals surface area contributed by atoms with Crippen molar-refractivity contribution in [2.75, 3.05) is 33.3 Å². The van der Waals surface area contributed by atoms with Crippen LogP contribution >= 0.6 is 0 Å². The highest BCUT2D eigenvalue weighted by Crippen LogP contribution is 2.21. The van der Waals surface area contributed by atoms with Crippen LogP contribution in [0, 0.1) is 0 Å². The SMILES string of the molecule is COc1cccc(CC(=O)N2CCN(C(C)c3ccccc3)CC2)c1. The monoisotopic (exact) mass is 338 g/mol. The summed E-state index contributed by atoms with van der Waals surface area (Å²) in [7, 11) is 1.65. The number of ether oxygens (including phenoxy) is 1. The van der Waals surface area contributed by atoms with Gasteiger partial charge in [-0.05, 0) is 30.2 Å². The minimum absolute atomic E-state index is 0.195. The quantitative estimate of drug-likeness (QED) is 0.840. The molecule has 4 heteroatoms. The molecule has 1 saturated heterocycles. The molecule has 0 saturated carbocycles. The molecule has 2 aromatic rings. The summed E-state index contributed by atoms with van der Waals surface area (Å²) in [6.07, 6.45) is 0.436.